The maximum absolute atomic E-state index is 12.5. The van der Waals surface area contributed by atoms with Crippen LogP contribution < -0.4 is 5.73 Å². The number of alkyl halides is 3. The van der Waals surface area contributed by atoms with Gasteiger partial charge in [-0.05, 0) is 25.0 Å². The van der Waals surface area contributed by atoms with E-state index < -0.39 is 12.7 Å². The van der Waals surface area contributed by atoms with Crippen molar-refractivity contribution in [3.63, 3.8) is 0 Å². The maximum atomic E-state index is 12.5. The molecule has 0 saturated heterocycles. The molecular formula is C12H14ClF3N2. The maximum Gasteiger partial charge on any atom is 0.401 e. The molecule has 1 aliphatic rings. The van der Waals surface area contributed by atoms with Crippen LogP contribution in [0, 0.1) is 0 Å². The van der Waals surface area contributed by atoms with Crippen LogP contribution >= 0.6 is 11.6 Å². The first-order valence-electron chi connectivity index (χ1n) is 5.70. The molecule has 1 aromatic rings. The lowest BCUT2D eigenvalue weighted by Crippen LogP contribution is -2.35. The minimum atomic E-state index is -4.20. The highest BCUT2D eigenvalue weighted by atomic mass is 35.5. The quantitative estimate of drug-likeness (QED) is 0.855. The highest BCUT2D eigenvalue weighted by Crippen LogP contribution is 2.33. The summed E-state index contributed by atoms with van der Waals surface area (Å²) in [5.41, 5.74) is 6.78. The summed E-state index contributed by atoms with van der Waals surface area (Å²) in [4.78, 5) is 1.40. The molecular weight excluding hydrogens is 265 g/mol. The number of halogens is 4. The van der Waals surface area contributed by atoms with Crippen LogP contribution in [-0.2, 0) is 6.54 Å². The number of hydrogen-bond donors (Lipinski definition) is 1. The zero-order valence-electron chi connectivity index (χ0n) is 9.67. The second kappa shape index (κ2) is 4.97. The van der Waals surface area contributed by atoms with Gasteiger partial charge in [0, 0.05) is 28.9 Å². The summed E-state index contributed by atoms with van der Waals surface area (Å²) in [6, 6.07) is 4.99. The lowest BCUT2D eigenvalue weighted by atomic mass is 10.1. The van der Waals surface area contributed by atoms with E-state index in [-0.39, 0.29) is 12.6 Å². The van der Waals surface area contributed by atoms with Crippen LogP contribution in [0.3, 0.4) is 0 Å². The van der Waals surface area contributed by atoms with Gasteiger partial charge in [-0.1, -0.05) is 17.7 Å². The van der Waals surface area contributed by atoms with Gasteiger partial charge >= 0.3 is 6.18 Å². The Kier molecular flexibility index (Phi) is 3.73. The molecule has 1 fully saturated rings. The summed E-state index contributed by atoms with van der Waals surface area (Å²) >= 11 is 5.98. The van der Waals surface area contributed by atoms with Gasteiger partial charge in [-0.2, -0.15) is 13.2 Å². The third-order valence-electron chi connectivity index (χ3n) is 2.96. The molecule has 0 aromatic heterocycles. The lowest BCUT2D eigenvalue weighted by Gasteiger charge is -2.24. The molecule has 0 heterocycles. The predicted octanol–water partition coefficient (Wildman–Crippen LogP) is 3.45. The zero-order valence-corrected chi connectivity index (χ0v) is 10.4. The van der Waals surface area contributed by atoms with Crippen molar-refractivity contribution in [3.05, 3.63) is 28.8 Å². The van der Waals surface area contributed by atoms with Gasteiger partial charge in [0.2, 0.25) is 0 Å². The van der Waals surface area contributed by atoms with Crippen molar-refractivity contribution in [2.75, 3.05) is 12.3 Å². The molecule has 18 heavy (non-hydrogen) atoms. The van der Waals surface area contributed by atoms with Crippen molar-refractivity contribution in [2.24, 2.45) is 0 Å². The van der Waals surface area contributed by atoms with Gasteiger partial charge in [0.1, 0.15) is 0 Å². The molecule has 0 atom stereocenters. The molecule has 2 rings (SSSR count). The molecule has 1 aliphatic carbocycles. The van der Waals surface area contributed by atoms with Gasteiger partial charge in [0.25, 0.3) is 0 Å². The van der Waals surface area contributed by atoms with E-state index >= 15 is 0 Å². The first-order valence-corrected chi connectivity index (χ1v) is 6.08. The summed E-state index contributed by atoms with van der Waals surface area (Å²) in [5.74, 6) is 0. The van der Waals surface area contributed by atoms with Crippen molar-refractivity contribution in [2.45, 2.75) is 31.6 Å². The number of rotatable bonds is 4. The van der Waals surface area contributed by atoms with Gasteiger partial charge in [-0.15, -0.1) is 0 Å². The molecule has 2 N–H and O–H groups in total. The third kappa shape index (κ3) is 3.53. The second-order valence-corrected chi connectivity index (χ2v) is 4.97. The van der Waals surface area contributed by atoms with Crippen LogP contribution in [0.15, 0.2) is 18.2 Å². The average Bonchev–Trinajstić information content (AvgIpc) is 3.03. The van der Waals surface area contributed by atoms with E-state index in [1.165, 1.54) is 4.90 Å². The molecule has 0 bridgehead atoms. The Morgan fingerprint density at radius 1 is 1.33 bits per heavy atom. The van der Waals surface area contributed by atoms with Crippen LogP contribution in [0.25, 0.3) is 0 Å². The summed E-state index contributed by atoms with van der Waals surface area (Å²) in [7, 11) is 0. The normalized spacial score (nSPS) is 16.3. The van der Waals surface area contributed by atoms with Gasteiger partial charge in [-0.3, -0.25) is 4.90 Å². The Bertz CT molecular complexity index is 410. The molecule has 2 nitrogen and oxygen atoms in total. The standard InChI is InChI=1S/C12H14ClF3N2/c13-10-2-1-3-11(17)9(10)6-18(8-4-5-8)7-12(14,15)16/h1-3,8H,4-7,17H2. The van der Waals surface area contributed by atoms with Crippen LogP contribution in [0.5, 0.6) is 0 Å². The Balaban J connectivity index is 2.14. The van der Waals surface area contributed by atoms with E-state index in [4.69, 9.17) is 17.3 Å². The van der Waals surface area contributed by atoms with Crippen molar-refractivity contribution in [3.8, 4) is 0 Å². The van der Waals surface area contributed by atoms with E-state index in [0.717, 1.165) is 12.8 Å². The average molecular weight is 279 g/mol. The molecule has 0 spiro atoms. The van der Waals surface area contributed by atoms with Crippen molar-refractivity contribution >= 4 is 17.3 Å². The van der Waals surface area contributed by atoms with Gasteiger partial charge in [0.15, 0.2) is 0 Å². The molecule has 0 aliphatic heterocycles. The van der Waals surface area contributed by atoms with Crippen LogP contribution in [0.2, 0.25) is 5.02 Å². The molecule has 1 saturated carbocycles. The number of hydrogen-bond acceptors (Lipinski definition) is 2. The summed E-state index contributed by atoms with van der Waals surface area (Å²) in [5, 5.41) is 0.419. The van der Waals surface area contributed by atoms with Crippen LogP contribution in [0.1, 0.15) is 18.4 Å². The Morgan fingerprint density at radius 3 is 2.50 bits per heavy atom. The number of benzene rings is 1. The van der Waals surface area contributed by atoms with E-state index in [2.05, 4.69) is 0 Å². The molecule has 0 amide bonds. The Hall–Kier alpha value is -0.940. The zero-order chi connectivity index (χ0) is 13.3. The largest absolute Gasteiger partial charge is 0.401 e. The highest BCUT2D eigenvalue weighted by Gasteiger charge is 2.38. The van der Waals surface area contributed by atoms with Crippen LogP contribution in [0.4, 0.5) is 18.9 Å². The van der Waals surface area contributed by atoms with Gasteiger partial charge in [-0.25, -0.2) is 0 Å². The third-order valence-corrected chi connectivity index (χ3v) is 3.32. The predicted molar refractivity (Wildman–Crippen MR) is 65.4 cm³/mol. The fourth-order valence-electron chi connectivity index (χ4n) is 1.93. The number of nitrogen functional groups attached to an aromatic ring is 1. The molecule has 0 unspecified atom stereocenters. The molecule has 6 heteroatoms. The SMILES string of the molecule is Nc1cccc(Cl)c1CN(CC(F)(F)F)C1CC1. The fraction of sp³-hybridized carbons (Fsp3) is 0.500. The van der Waals surface area contributed by atoms with Crippen molar-refractivity contribution in [1.82, 2.24) is 4.90 Å². The fourth-order valence-corrected chi connectivity index (χ4v) is 2.17. The minimum absolute atomic E-state index is 0.00213. The number of nitrogens with two attached hydrogens (primary N) is 1. The molecule has 0 radical (unpaired) electrons. The molecule has 1 aromatic carbocycles. The number of anilines is 1. The van der Waals surface area contributed by atoms with Crippen LogP contribution in [-0.4, -0.2) is 23.7 Å². The summed E-state index contributed by atoms with van der Waals surface area (Å²) < 4.78 is 37.5. The van der Waals surface area contributed by atoms with E-state index in [0.29, 0.717) is 16.3 Å². The smallest absolute Gasteiger partial charge is 0.398 e. The van der Waals surface area contributed by atoms with E-state index in [1.54, 1.807) is 18.2 Å². The topological polar surface area (TPSA) is 29.3 Å². The van der Waals surface area contributed by atoms with E-state index in [9.17, 15) is 13.2 Å². The number of nitrogens with zero attached hydrogens (tertiary/aromatic N) is 1. The first kappa shape index (κ1) is 13.5. The summed E-state index contributed by atoms with van der Waals surface area (Å²) in [6.07, 6.45) is -2.58. The molecule has 100 valence electrons. The Morgan fingerprint density at radius 2 is 2.00 bits per heavy atom. The lowest BCUT2D eigenvalue weighted by molar-refractivity contribution is -0.148. The minimum Gasteiger partial charge on any atom is -0.398 e. The monoisotopic (exact) mass is 278 g/mol. The second-order valence-electron chi connectivity index (χ2n) is 4.56. The van der Waals surface area contributed by atoms with E-state index in [1.807, 2.05) is 0 Å². The van der Waals surface area contributed by atoms with Gasteiger partial charge in [0.05, 0.1) is 6.54 Å². The first-order chi connectivity index (χ1) is 8.37. The highest BCUT2D eigenvalue weighted by molar-refractivity contribution is 6.31. The van der Waals surface area contributed by atoms with Gasteiger partial charge < -0.3 is 5.73 Å². The summed E-state index contributed by atoms with van der Waals surface area (Å²) in [6.45, 7) is -0.766. The van der Waals surface area contributed by atoms with Crippen molar-refractivity contribution < 1.29 is 13.2 Å². The van der Waals surface area contributed by atoms with Crippen molar-refractivity contribution in [1.29, 1.82) is 0 Å². The Labute approximate surface area is 109 Å².